The fourth-order valence-corrected chi connectivity index (χ4v) is 3.64. The predicted octanol–water partition coefficient (Wildman–Crippen LogP) is 3.01. The van der Waals surface area contributed by atoms with Gasteiger partial charge in [-0.3, -0.25) is 4.90 Å². The first-order valence-electron chi connectivity index (χ1n) is 8.20. The van der Waals surface area contributed by atoms with Gasteiger partial charge in [-0.25, -0.2) is 0 Å². The molecule has 0 radical (unpaired) electrons. The van der Waals surface area contributed by atoms with Gasteiger partial charge in [0.2, 0.25) is 0 Å². The molecule has 0 amide bonds. The molecule has 4 heteroatoms. The molecule has 1 saturated carbocycles. The summed E-state index contributed by atoms with van der Waals surface area (Å²) in [6.45, 7) is 6.87. The summed E-state index contributed by atoms with van der Waals surface area (Å²) in [5.41, 5.74) is 8.73. The number of benzene rings is 1. The monoisotopic (exact) mass is 351 g/mol. The third kappa shape index (κ3) is 3.79. The van der Waals surface area contributed by atoms with Gasteiger partial charge < -0.3 is 10.6 Å². The van der Waals surface area contributed by atoms with Crippen LogP contribution in [0.25, 0.3) is 0 Å². The summed E-state index contributed by atoms with van der Waals surface area (Å²) >= 11 is 3.72. The molecule has 3 rings (SSSR count). The summed E-state index contributed by atoms with van der Waals surface area (Å²) < 4.78 is 1.20. The van der Waals surface area contributed by atoms with Crippen LogP contribution in [0.15, 0.2) is 22.7 Å². The van der Waals surface area contributed by atoms with Crippen LogP contribution in [0.2, 0.25) is 0 Å². The van der Waals surface area contributed by atoms with Crippen LogP contribution in [0.3, 0.4) is 0 Å². The van der Waals surface area contributed by atoms with Crippen LogP contribution in [0.5, 0.6) is 0 Å². The molecule has 1 aromatic rings. The van der Waals surface area contributed by atoms with Gasteiger partial charge in [-0.1, -0.05) is 28.9 Å². The highest BCUT2D eigenvalue weighted by Crippen LogP contribution is 2.30. The van der Waals surface area contributed by atoms with Crippen molar-refractivity contribution >= 4 is 21.6 Å². The molecule has 0 bridgehead atoms. The van der Waals surface area contributed by atoms with Crippen molar-refractivity contribution in [3.05, 3.63) is 28.2 Å². The van der Waals surface area contributed by atoms with Gasteiger partial charge >= 0.3 is 0 Å². The fraction of sp³-hybridized carbons (Fsp3) is 0.647. The van der Waals surface area contributed by atoms with Gasteiger partial charge in [0.05, 0.1) is 0 Å². The SMILES string of the molecule is CCC(N)Cc1ccc(N2CCN(C3CC3)CC2)cc1Br. The first-order valence-corrected chi connectivity index (χ1v) is 8.99. The van der Waals surface area contributed by atoms with E-state index in [-0.39, 0.29) is 6.04 Å². The Balaban J connectivity index is 1.62. The number of hydrogen-bond donors (Lipinski definition) is 1. The Kier molecular flexibility index (Phi) is 4.87. The maximum Gasteiger partial charge on any atom is 0.0378 e. The van der Waals surface area contributed by atoms with Gasteiger partial charge in [0.1, 0.15) is 0 Å². The molecule has 3 nitrogen and oxygen atoms in total. The van der Waals surface area contributed by atoms with E-state index in [1.165, 1.54) is 41.7 Å². The molecule has 0 aromatic heterocycles. The second-order valence-corrected chi connectivity index (χ2v) is 7.26. The molecule has 21 heavy (non-hydrogen) atoms. The van der Waals surface area contributed by atoms with E-state index >= 15 is 0 Å². The van der Waals surface area contributed by atoms with Crippen molar-refractivity contribution in [2.45, 2.75) is 44.7 Å². The average Bonchev–Trinajstić information content (AvgIpc) is 3.34. The van der Waals surface area contributed by atoms with Crippen LogP contribution in [-0.4, -0.2) is 43.2 Å². The van der Waals surface area contributed by atoms with Gasteiger partial charge in [-0.05, 0) is 43.4 Å². The topological polar surface area (TPSA) is 32.5 Å². The highest BCUT2D eigenvalue weighted by molar-refractivity contribution is 9.10. The molecular weight excluding hydrogens is 326 g/mol. The molecule has 1 aliphatic carbocycles. The van der Waals surface area contributed by atoms with E-state index in [2.05, 4.69) is 50.9 Å². The Morgan fingerprint density at radius 3 is 2.52 bits per heavy atom. The van der Waals surface area contributed by atoms with Gasteiger partial charge in [0.25, 0.3) is 0 Å². The Hall–Kier alpha value is -0.580. The lowest BCUT2D eigenvalue weighted by molar-refractivity contribution is 0.248. The quantitative estimate of drug-likeness (QED) is 0.884. The molecule has 2 N–H and O–H groups in total. The van der Waals surface area contributed by atoms with Gasteiger partial charge in [-0.15, -0.1) is 0 Å². The highest BCUT2D eigenvalue weighted by atomic mass is 79.9. The lowest BCUT2D eigenvalue weighted by Crippen LogP contribution is -2.47. The lowest BCUT2D eigenvalue weighted by atomic mass is 10.0. The smallest absolute Gasteiger partial charge is 0.0378 e. The van der Waals surface area contributed by atoms with Crippen molar-refractivity contribution in [3.8, 4) is 0 Å². The van der Waals surface area contributed by atoms with Crippen LogP contribution in [-0.2, 0) is 6.42 Å². The summed E-state index contributed by atoms with van der Waals surface area (Å²) in [6.07, 6.45) is 4.81. The minimum atomic E-state index is 0.259. The fourth-order valence-electron chi connectivity index (χ4n) is 3.11. The first-order chi connectivity index (χ1) is 10.2. The van der Waals surface area contributed by atoms with Crippen LogP contribution in [0.1, 0.15) is 31.7 Å². The summed E-state index contributed by atoms with van der Waals surface area (Å²) in [4.78, 5) is 5.16. The minimum absolute atomic E-state index is 0.259. The molecule has 1 aromatic carbocycles. The summed E-state index contributed by atoms with van der Waals surface area (Å²) in [5, 5.41) is 0. The summed E-state index contributed by atoms with van der Waals surface area (Å²) in [7, 11) is 0. The minimum Gasteiger partial charge on any atom is -0.369 e. The van der Waals surface area contributed by atoms with Crippen LogP contribution in [0.4, 0.5) is 5.69 Å². The maximum absolute atomic E-state index is 6.07. The second kappa shape index (κ2) is 6.67. The van der Waals surface area contributed by atoms with E-state index in [4.69, 9.17) is 5.73 Å². The third-order valence-corrected chi connectivity index (χ3v) is 5.52. The maximum atomic E-state index is 6.07. The van der Waals surface area contributed by atoms with Crippen molar-refractivity contribution in [1.29, 1.82) is 0 Å². The van der Waals surface area contributed by atoms with Crippen molar-refractivity contribution in [2.75, 3.05) is 31.1 Å². The van der Waals surface area contributed by atoms with E-state index in [9.17, 15) is 0 Å². The Morgan fingerprint density at radius 1 is 1.24 bits per heavy atom. The zero-order chi connectivity index (χ0) is 14.8. The summed E-state index contributed by atoms with van der Waals surface area (Å²) in [6, 6.07) is 7.92. The van der Waals surface area contributed by atoms with Gasteiger partial charge in [0.15, 0.2) is 0 Å². The number of nitrogens with zero attached hydrogens (tertiary/aromatic N) is 2. The van der Waals surface area contributed by atoms with Gasteiger partial charge in [-0.2, -0.15) is 0 Å². The van der Waals surface area contributed by atoms with E-state index in [1.54, 1.807) is 0 Å². The number of halogens is 1. The second-order valence-electron chi connectivity index (χ2n) is 6.40. The zero-order valence-corrected chi connectivity index (χ0v) is 14.5. The third-order valence-electron chi connectivity index (χ3n) is 4.79. The summed E-state index contributed by atoms with van der Waals surface area (Å²) in [5.74, 6) is 0. The Morgan fingerprint density at radius 2 is 1.95 bits per heavy atom. The van der Waals surface area contributed by atoms with Crippen molar-refractivity contribution in [2.24, 2.45) is 5.73 Å². The van der Waals surface area contributed by atoms with Gasteiger partial charge in [0, 0.05) is 48.4 Å². The Bertz CT molecular complexity index is 479. The van der Waals surface area contributed by atoms with Crippen molar-refractivity contribution in [1.82, 2.24) is 4.90 Å². The molecule has 1 aliphatic heterocycles. The molecule has 2 aliphatic rings. The molecule has 1 saturated heterocycles. The molecule has 1 unspecified atom stereocenters. The van der Waals surface area contributed by atoms with Crippen LogP contribution in [0, 0.1) is 0 Å². The number of rotatable bonds is 5. The molecule has 1 atom stereocenters. The molecule has 2 fully saturated rings. The normalized spacial score (nSPS) is 21.6. The zero-order valence-electron chi connectivity index (χ0n) is 12.9. The molecule has 116 valence electrons. The molecule has 0 spiro atoms. The number of hydrogen-bond acceptors (Lipinski definition) is 3. The largest absolute Gasteiger partial charge is 0.369 e. The number of anilines is 1. The lowest BCUT2D eigenvalue weighted by Gasteiger charge is -2.36. The van der Waals surface area contributed by atoms with E-state index in [0.29, 0.717) is 0 Å². The van der Waals surface area contributed by atoms with Crippen molar-refractivity contribution < 1.29 is 0 Å². The molecule has 1 heterocycles. The highest BCUT2D eigenvalue weighted by Gasteiger charge is 2.31. The molecular formula is C17H26BrN3. The number of nitrogens with two attached hydrogens (primary N) is 1. The standard InChI is InChI=1S/C17H26BrN3/c1-2-14(19)11-13-3-4-16(12-17(13)18)21-9-7-20(8-10-21)15-5-6-15/h3-4,12,14-15H,2,5-11,19H2,1H3. The van der Waals surface area contributed by atoms with E-state index < -0.39 is 0 Å². The van der Waals surface area contributed by atoms with Crippen molar-refractivity contribution in [3.63, 3.8) is 0 Å². The van der Waals surface area contributed by atoms with Crippen LogP contribution >= 0.6 is 15.9 Å². The van der Waals surface area contributed by atoms with E-state index in [0.717, 1.165) is 32.0 Å². The number of piperazine rings is 1. The van der Waals surface area contributed by atoms with E-state index in [1.807, 2.05) is 0 Å². The first kappa shape index (κ1) is 15.3. The average molecular weight is 352 g/mol. The Labute approximate surface area is 136 Å². The predicted molar refractivity (Wildman–Crippen MR) is 92.9 cm³/mol. The van der Waals surface area contributed by atoms with Crippen LogP contribution < -0.4 is 10.6 Å².